The fraction of sp³-hybridized carbons (Fsp3) is 0.0476. The zero-order valence-electron chi connectivity index (χ0n) is 15.2. The van der Waals surface area contributed by atoms with E-state index in [0.29, 0.717) is 10.7 Å². The molecule has 0 radical (unpaired) electrons. The first-order valence-electron chi connectivity index (χ1n) is 8.65. The van der Waals surface area contributed by atoms with Crippen LogP contribution in [0.3, 0.4) is 0 Å². The lowest BCUT2D eigenvalue weighted by molar-refractivity contribution is 0.100. The molecular weight excluding hydrogens is 412 g/mol. The second kappa shape index (κ2) is 7.02. The minimum atomic E-state index is -4.14. The molecule has 0 saturated heterocycles. The molecule has 6 nitrogen and oxygen atoms in total. The summed E-state index contributed by atoms with van der Waals surface area (Å²) in [4.78, 5) is 25.1. The fourth-order valence-corrected chi connectivity index (χ4v) is 4.79. The minimum Gasteiger partial charge on any atom is -0.322 e. The van der Waals surface area contributed by atoms with Crippen LogP contribution in [0.2, 0.25) is 5.02 Å². The van der Waals surface area contributed by atoms with Crippen molar-refractivity contribution in [1.29, 1.82) is 0 Å². The Balaban J connectivity index is 1.69. The number of rotatable bonds is 3. The molecule has 0 aromatic heterocycles. The summed E-state index contributed by atoms with van der Waals surface area (Å²) in [7, 11) is -4.14. The quantitative estimate of drug-likeness (QED) is 0.678. The average molecular weight is 427 g/mol. The van der Waals surface area contributed by atoms with Gasteiger partial charge in [0.1, 0.15) is 4.90 Å². The molecule has 0 bridgehead atoms. The van der Waals surface area contributed by atoms with Crippen LogP contribution in [0.15, 0.2) is 71.6 Å². The summed E-state index contributed by atoms with van der Waals surface area (Å²) in [6.07, 6.45) is 0. The average Bonchev–Trinajstić information content (AvgIpc) is 2.90. The van der Waals surface area contributed by atoms with Gasteiger partial charge in [0.25, 0.3) is 21.8 Å². The van der Waals surface area contributed by atoms with Crippen LogP contribution in [0, 0.1) is 6.92 Å². The molecule has 2 amide bonds. The zero-order valence-corrected chi connectivity index (χ0v) is 16.8. The van der Waals surface area contributed by atoms with Gasteiger partial charge in [-0.3, -0.25) is 9.59 Å². The van der Waals surface area contributed by atoms with Crippen molar-refractivity contribution in [3.05, 3.63) is 88.4 Å². The van der Waals surface area contributed by atoms with E-state index >= 15 is 0 Å². The van der Waals surface area contributed by atoms with Gasteiger partial charge in [-0.05, 0) is 61.5 Å². The van der Waals surface area contributed by atoms with Crippen molar-refractivity contribution in [3.63, 3.8) is 0 Å². The standard InChI is InChI=1S/C21H15ClN2O4S/c1-13-2-7-16(8-3-13)23-20(25)14-4-11-18-19(12-14)29(27,28)24(21(18)26)17-9-5-15(22)6-10-17/h2-12H,1H3,(H,23,25). The second-order valence-electron chi connectivity index (χ2n) is 6.58. The summed E-state index contributed by atoms with van der Waals surface area (Å²) in [5.41, 5.74) is 1.97. The Morgan fingerprint density at radius 3 is 2.28 bits per heavy atom. The molecule has 8 heteroatoms. The Bertz CT molecular complexity index is 1240. The van der Waals surface area contributed by atoms with Crippen molar-refractivity contribution in [2.75, 3.05) is 9.62 Å². The molecule has 1 N–H and O–H groups in total. The Morgan fingerprint density at radius 1 is 0.966 bits per heavy atom. The predicted octanol–water partition coefficient (Wildman–Crippen LogP) is 4.25. The molecule has 1 heterocycles. The van der Waals surface area contributed by atoms with Crippen LogP contribution in [-0.2, 0) is 10.0 Å². The monoisotopic (exact) mass is 426 g/mol. The zero-order chi connectivity index (χ0) is 20.8. The molecule has 146 valence electrons. The number of fused-ring (bicyclic) bond motifs is 1. The number of halogens is 1. The van der Waals surface area contributed by atoms with Gasteiger partial charge in [-0.25, -0.2) is 8.42 Å². The Morgan fingerprint density at radius 2 is 1.62 bits per heavy atom. The highest BCUT2D eigenvalue weighted by Crippen LogP contribution is 2.35. The van der Waals surface area contributed by atoms with Crippen LogP contribution >= 0.6 is 11.6 Å². The van der Waals surface area contributed by atoms with Gasteiger partial charge in [0.2, 0.25) is 0 Å². The lowest BCUT2D eigenvalue weighted by Crippen LogP contribution is -2.29. The molecule has 1 aliphatic heterocycles. The van der Waals surface area contributed by atoms with E-state index in [1.807, 2.05) is 19.1 Å². The van der Waals surface area contributed by atoms with Crippen LogP contribution in [0.25, 0.3) is 0 Å². The number of nitrogens with zero attached hydrogens (tertiary/aromatic N) is 1. The molecule has 0 atom stereocenters. The first kappa shape index (κ1) is 19.2. The number of hydrogen-bond donors (Lipinski definition) is 1. The number of anilines is 2. The first-order chi connectivity index (χ1) is 13.8. The van der Waals surface area contributed by atoms with E-state index < -0.39 is 21.8 Å². The third kappa shape index (κ3) is 3.39. The van der Waals surface area contributed by atoms with Crippen molar-refractivity contribution in [2.45, 2.75) is 11.8 Å². The SMILES string of the molecule is Cc1ccc(NC(=O)c2ccc3c(c2)S(=O)(=O)N(c2ccc(Cl)cc2)C3=O)cc1. The van der Waals surface area contributed by atoms with Gasteiger partial charge in [-0.15, -0.1) is 0 Å². The van der Waals surface area contributed by atoms with E-state index in [1.165, 1.54) is 42.5 Å². The van der Waals surface area contributed by atoms with Gasteiger partial charge < -0.3 is 5.32 Å². The molecule has 1 aliphatic rings. The molecule has 0 fully saturated rings. The molecule has 0 aliphatic carbocycles. The molecule has 0 saturated carbocycles. The van der Waals surface area contributed by atoms with E-state index in [1.54, 1.807) is 12.1 Å². The number of nitrogens with one attached hydrogen (secondary N) is 1. The maximum absolute atomic E-state index is 13.0. The maximum Gasteiger partial charge on any atom is 0.273 e. The maximum atomic E-state index is 13.0. The Hall–Kier alpha value is -3.16. The van der Waals surface area contributed by atoms with Crippen LogP contribution in [0.4, 0.5) is 11.4 Å². The van der Waals surface area contributed by atoms with E-state index in [-0.39, 0.29) is 21.7 Å². The van der Waals surface area contributed by atoms with E-state index in [0.717, 1.165) is 9.87 Å². The lowest BCUT2D eigenvalue weighted by Gasteiger charge is -2.14. The van der Waals surface area contributed by atoms with E-state index in [4.69, 9.17) is 11.6 Å². The first-order valence-corrected chi connectivity index (χ1v) is 10.5. The summed E-state index contributed by atoms with van der Waals surface area (Å²) in [5, 5.41) is 3.14. The number of aryl methyl sites for hydroxylation is 1. The van der Waals surface area contributed by atoms with Gasteiger partial charge in [-0.1, -0.05) is 29.3 Å². The number of benzene rings is 3. The Labute approximate surface area is 172 Å². The number of hydrogen-bond acceptors (Lipinski definition) is 4. The lowest BCUT2D eigenvalue weighted by atomic mass is 10.1. The van der Waals surface area contributed by atoms with Gasteiger partial charge in [0, 0.05) is 16.3 Å². The molecule has 29 heavy (non-hydrogen) atoms. The Kier molecular flexibility index (Phi) is 4.64. The highest BCUT2D eigenvalue weighted by molar-refractivity contribution is 7.94. The summed E-state index contributed by atoms with van der Waals surface area (Å²) in [6, 6.07) is 17.1. The summed E-state index contributed by atoms with van der Waals surface area (Å²) in [5.74, 6) is -1.14. The summed E-state index contributed by atoms with van der Waals surface area (Å²) < 4.78 is 26.7. The van der Waals surface area contributed by atoms with Crippen molar-refractivity contribution in [2.24, 2.45) is 0 Å². The van der Waals surface area contributed by atoms with Gasteiger partial charge in [0.05, 0.1) is 11.3 Å². The van der Waals surface area contributed by atoms with Crippen LogP contribution in [-0.4, -0.2) is 20.2 Å². The topological polar surface area (TPSA) is 83.6 Å². The van der Waals surface area contributed by atoms with Gasteiger partial charge in [-0.2, -0.15) is 4.31 Å². The minimum absolute atomic E-state index is 0.0202. The predicted molar refractivity (Wildman–Crippen MR) is 111 cm³/mol. The number of sulfonamides is 1. The third-order valence-electron chi connectivity index (χ3n) is 4.55. The summed E-state index contributed by atoms with van der Waals surface area (Å²) >= 11 is 5.85. The highest BCUT2D eigenvalue weighted by atomic mass is 35.5. The van der Waals surface area contributed by atoms with Gasteiger partial charge >= 0.3 is 0 Å². The molecule has 0 unspecified atom stereocenters. The fourth-order valence-electron chi connectivity index (χ4n) is 3.04. The van der Waals surface area contributed by atoms with Crippen molar-refractivity contribution >= 4 is 44.8 Å². The van der Waals surface area contributed by atoms with Crippen LogP contribution in [0.1, 0.15) is 26.3 Å². The number of amides is 2. The molecule has 0 spiro atoms. The second-order valence-corrected chi connectivity index (χ2v) is 8.77. The summed E-state index contributed by atoms with van der Waals surface area (Å²) in [6.45, 7) is 1.93. The molecule has 3 aromatic carbocycles. The highest BCUT2D eigenvalue weighted by Gasteiger charge is 2.42. The number of carbonyl (C=O) groups is 2. The van der Waals surface area contributed by atoms with Crippen LogP contribution in [0.5, 0.6) is 0 Å². The number of carbonyl (C=O) groups excluding carboxylic acids is 2. The normalized spacial score (nSPS) is 14.6. The van der Waals surface area contributed by atoms with Crippen molar-refractivity contribution in [3.8, 4) is 0 Å². The molecule has 4 rings (SSSR count). The largest absolute Gasteiger partial charge is 0.322 e. The van der Waals surface area contributed by atoms with E-state index in [2.05, 4.69) is 5.32 Å². The third-order valence-corrected chi connectivity index (χ3v) is 6.55. The molecule has 3 aromatic rings. The van der Waals surface area contributed by atoms with Gasteiger partial charge in [0.15, 0.2) is 0 Å². The van der Waals surface area contributed by atoms with E-state index in [9.17, 15) is 18.0 Å². The smallest absolute Gasteiger partial charge is 0.273 e. The van der Waals surface area contributed by atoms with Crippen molar-refractivity contribution < 1.29 is 18.0 Å². The molecular formula is C21H15ClN2O4S. The van der Waals surface area contributed by atoms with Crippen molar-refractivity contribution in [1.82, 2.24) is 0 Å². The van der Waals surface area contributed by atoms with Crippen LogP contribution < -0.4 is 9.62 Å².